The Hall–Kier alpha value is -2.50. The first kappa shape index (κ1) is 12.0. The van der Waals surface area contributed by atoms with Crippen LogP contribution in [0.1, 0.15) is 29.1 Å². The molecule has 0 aliphatic rings. The number of nitrogens with one attached hydrogen (secondary N) is 1. The summed E-state index contributed by atoms with van der Waals surface area (Å²) in [6, 6.07) is 5.34. The summed E-state index contributed by atoms with van der Waals surface area (Å²) >= 11 is 0. The topological polar surface area (TPSA) is 93.8 Å². The van der Waals surface area contributed by atoms with Crippen molar-refractivity contribution >= 4 is 11.7 Å². The quantitative estimate of drug-likeness (QED) is 0.836. The van der Waals surface area contributed by atoms with Gasteiger partial charge in [-0.2, -0.15) is 0 Å². The number of hydrogen-bond acceptors (Lipinski definition) is 5. The largest absolute Gasteiger partial charge is 0.382 e. The minimum Gasteiger partial charge on any atom is -0.382 e. The van der Waals surface area contributed by atoms with E-state index in [1.165, 1.54) is 12.4 Å². The molecule has 6 heteroatoms. The molecule has 0 fully saturated rings. The summed E-state index contributed by atoms with van der Waals surface area (Å²) in [6.07, 6.45) is 4.37. The Morgan fingerprint density at radius 2 is 2.11 bits per heavy atom. The van der Waals surface area contributed by atoms with E-state index in [0.29, 0.717) is 0 Å². The number of nitrogen functional groups attached to an aromatic ring is 1. The van der Waals surface area contributed by atoms with Gasteiger partial charge in [0.2, 0.25) is 0 Å². The van der Waals surface area contributed by atoms with Crippen LogP contribution in [0.3, 0.4) is 0 Å². The summed E-state index contributed by atoms with van der Waals surface area (Å²) in [6.45, 7) is 1.85. The third-order valence-corrected chi connectivity index (χ3v) is 2.38. The number of aromatic nitrogens is 3. The Balaban J connectivity index is 2.06. The van der Waals surface area contributed by atoms with Crippen LogP contribution in [0.25, 0.3) is 0 Å². The molecule has 1 unspecified atom stereocenters. The number of pyridine rings is 1. The summed E-state index contributed by atoms with van der Waals surface area (Å²) in [7, 11) is 0. The minimum absolute atomic E-state index is 0.196. The smallest absolute Gasteiger partial charge is 0.272 e. The molecule has 0 spiro atoms. The van der Waals surface area contributed by atoms with E-state index >= 15 is 0 Å². The Morgan fingerprint density at radius 1 is 1.28 bits per heavy atom. The SMILES string of the molecule is CC(NC(=O)c1cnc(N)cn1)c1ccccn1. The van der Waals surface area contributed by atoms with Crippen LogP contribution in [-0.4, -0.2) is 20.9 Å². The monoisotopic (exact) mass is 243 g/mol. The summed E-state index contributed by atoms with van der Waals surface area (Å²) in [5.41, 5.74) is 6.42. The highest BCUT2D eigenvalue weighted by molar-refractivity contribution is 5.92. The van der Waals surface area contributed by atoms with Crippen LogP contribution in [-0.2, 0) is 0 Å². The zero-order chi connectivity index (χ0) is 13.0. The normalized spacial score (nSPS) is 11.8. The minimum atomic E-state index is -0.305. The summed E-state index contributed by atoms with van der Waals surface area (Å²) in [5.74, 6) is -0.0232. The second-order valence-electron chi connectivity index (χ2n) is 3.78. The van der Waals surface area contributed by atoms with Crippen LogP contribution in [0, 0.1) is 0 Å². The van der Waals surface area contributed by atoms with Crippen LogP contribution in [0.5, 0.6) is 0 Å². The number of hydrogen-bond donors (Lipinski definition) is 2. The number of carbonyl (C=O) groups excluding carboxylic acids is 1. The van der Waals surface area contributed by atoms with Gasteiger partial charge in [0, 0.05) is 6.20 Å². The number of rotatable bonds is 3. The first-order valence-electron chi connectivity index (χ1n) is 5.46. The van der Waals surface area contributed by atoms with Gasteiger partial charge in [-0.1, -0.05) is 6.07 Å². The predicted octanol–water partition coefficient (Wildman–Crippen LogP) is 0.945. The third kappa shape index (κ3) is 2.79. The molecular formula is C12H13N5O. The van der Waals surface area contributed by atoms with Crippen LogP contribution in [0.15, 0.2) is 36.8 Å². The van der Waals surface area contributed by atoms with Crippen molar-refractivity contribution in [2.75, 3.05) is 5.73 Å². The number of nitrogens with zero attached hydrogens (tertiary/aromatic N) is 3. The van der Waals surface area contributed by atoms with Gasteiger partial charge in [0.1, 0.15) is 11.5 Å². The maximum Gasteiger partial charge on any atom is 0.272 e. The van der Waals surface area contributed by atoms with Gasteiger partial charge in [-0.15, -0.1) is 0 Å². The summed E-state index contributed by atoms with van der Waals surface area (Å²) in [5, 5.41) is 2.79. The number of amides is 1. The zero-order valence-electron chi connectivity index (χ0n) is 9.87. The molecule has 2 rings (SSSR count). The first-order valence-corrected chi connectivity index (χ1v) is 5.46. The molecule has 0 aliphatic carbocycles. The van der Waals surface area contributed by atoms with Crippen molar-refractivity contribution in [3.63, 3.8) is 0 Å². The molecule has 1 amide bonds. The standard InChI is InChI=1S/C12H13N5O/c1-8(9-4-2-3-5-14-9)17-12(18)10-6-16-11(13)7-15-10/h2-8H,1H3,(H2,13,16)(H,17,18). The maximum absolute atomic E-state index is 11.9. The number of carbonyl (C=O) groups is 1. The predicted molar refractivity (Wildman–Crippen MR) is 66.6 cm³/mol. The molecule has 0 aliphatic heterocycles. The second kappa shape index (κ2) is 5.22. The zero-order valence-corrected chi connectivity index (χ0v) is 9.87. The summed E-state index contributed by atoms with van der Waals surface area (Å²) < 4.78 is 0. The van der Waals surface area contributed by atoms with Gasteiger partial charge < -0.3 is 11.1 Å². The highest BCUT2D eigenvalue weighted by Gasteiger charge is 2.13. The molecule has 0 bridgehead atoms. The highest BCUT2D eigenvalue weighted by Crippen LogP contribution is 2.08. The van der Waals surface area contributed by atoms with Gasteiger partial charge in [-0.25, -0.2) is 9.97 Å². The van der Waals surface area contributed by atoms with E-state index < -0.39 is 0 Å². The fourth-order valence-electron chi connectivity index (χ4n) is 1.43. The van der Waals surface area contributed by atoms with E-state index in [1.807, 2.05) is 25.1 Å². The van der Waals surface area contributed by atoms with Crippen molar-refractivity contribution in [2.24, 2.45) is 0 Å². The average molecular weight is 243 g/mol. The molecule has 2 heterocycles. The van der Waals surface area contributed by atoms with Gasteiger partial charge >= 0.3 is 0 Å². The maximum atomic E-state index is 11.9. The van der Waals surface area contributed by atoms with Crippen molar-refractivity contribution in [2.45, 2.75) is 13.0 Å². The molecule has 1 atom stereocenters. The molecule has 2 aromatic rings. The Kier molecular flexibility index (Phi) is 3.47. The van der Waals surface area contributed by atoms with Crippen molar-refractivity contribution < 1.29 is 4.79 Å². The Bertz CT molecular complexity index is 526. The molecule has 0 saturated carbocycles. The van der Waals surface area contributed by atoms with Crippen molar-refractivity contribution in [1.29, 1.82) is 0 Å². The van der Waals surface area contributed by atoms with Gasteiger partial charge in [0.15, 0.2) is 0 Å². The lowest BCUT2D eigenvalue weighted by Gasteiger charge is -2.12. The van der Waals surface area contributed by atoms with E-state index in [-0.39, 0.29) is 23.5 Å². The Morgan fingerprint density at radius 3 is 2.72 bits per heavy atom. The fraction of sp³-hybridized carbons (Fsp3) is 0.167. The molecule has 6 nitrogen and oxygen atoms in total. The van der Waals surface area contributed by atoms with E-state index in [4.69, 9.17) is 5.73 Å². The van der Waals surface area contributed by atoms with Gasteiger partial charge in [-0.05, 0) is 19.1 Å². The van der Waals surface area contributed by atoms with Crippen LogP contribution in [0.2, 0.25) is 0 Å². The molecular weight excluding hydrogens is 230 g/mol. The highest BCUT2D eigenvalue weighted by atomic mass is 16.1. The fourth-order valence-corrected chi connectivity index (χ4v) is 1.43. The van der Waals surface area contributed by atoms with E-state index in [2.05, 4.69) is 20.3 Å². The molecule has 0 radical (unpaired) electrons. The van der Waals surface area contributed by atoms with Crippen molar-refractivity contribution in [1.82, 2.24) is 20.3 Å². The number of nitrogens with two attached hydrogens (primary N) is 1. The van der Waals surface area contributed by atoms with Crippen molar-refractivity contribution in [3.05, 3.63) is 48.2 Å². The molecule has 0 aromatic carbocycles. The lowest BCUT2D eigenvalue weighted by atomic mass is 10.2. The molecule has 18 heavy (non-hydrogen) atoms. The first-order chi connectivity index (χ1) is 8.66. The third-order valence-electron chi connectivity index (χ3n) is 2.38. The van der Waals surface area contributed by atoms with Crippen LogP contribution >= 0.6 is 0 Å². The molecule has 2 aromatic heterocycles. The van der Waals surface area contributed by atoms with E-state index in [1.54, 1.807) is 6.20 Å². The Labute approximate surface area is 104 Å². The van der Waals surface area contributed by atoms with Crippen LogP contribution < -0.4 is 11.1 Å². The van der Waals surface area contributed by atoms with Crippen LogP contribution in [0.4, 0.5) is 5.82 Å². The molecule has 92 valence electrons. The molecule has 3 N–H and O–H groups in total. The second-order valence-corrected chi connectivity index (χ2v) is 3.78. The van der Waals surface area contributed by atoms with Gasteiger partial charge in [0.05, 0.1) is 24.1 Å². The van der Waals surface area contributed by atoms with Crippen molar-refractivity contribution in [3.8, 4) is 0 Å². The lowest BCUT2D eigenvalue weighted by Crippen LogP contribution is -2.28. The average Bonchev–Trinajstić information content (AvgIpc) is 2.40. The number of anilines is 1. The van der Waals surface area contributed by atoms with Gasteiger partial charge in [-0.3, -0.25) is 9.78 Å². The lowest BCUT2D eigenvalue weighted by molar-refractivity contribution is 0.0933. The van der Waals surface area contributed by atoms with E-state index in [9.17, 15) is 4.79 Å². The summed E-state index contributed by atoms with van der Waals surface area (Å²) in [4.78, 5) is 23.8. The van der Waals surface area contributed by atoms with E-state index in [0.717, 1.165) is 5.69 Å². The molecule has 0 saturated heterocycles. The van der Waals surface area contributed by atoms with Gasteiger partial charge in [0.25, 0.3) is 5.91 Å².